The molecule has 0 bridgehead atoms. The van der Waals surface area contributed by atoms with Crippen molar-refractivity contribution < 1.29 is 4.74 Å². The van der Waals surface area contributed by atoms with Gasteiger partial charge in [-0.3, -0.25) is 4.98 Å². The van der Waals surface area contributed by atoms with E-state index >= 15 is 0 Å². The van der Waals surface area contributed by atoms with Crippen LogP contribution in [0.1, 0.15) is 25.3 Å². The summed E-state index contributed by atoms with van der Waals surface area (Å²) in [6, 6.07) is 11.8. The molecular formula is C18H19N5O. The van der Waals surface area contributed by atoms with E-state index in [0.29, 0.717) is 11.5 Å². The molecule has 2 heterocycles. The van der Waals surface area contributed by atoms with E-state index in [4.69, 9.17) is 16.2 Å². The second kappa shape index (κ2) is 6.54. The highest BCUT2D eigenvalue weighted by Gasteiger charge is 2.14. The van der Waals surface area contributed by atoms with Gasteiger partial charge in [-0.15, -0.1) is 0 Å². The molecule has 0 fully saturated rings. The van der Waals surface area contributed by atoms with Crippen molar-refractivity contribution in [2.45, 2.75) is 19.8 Å². The molecule has 0 unspecified atom stereocenters. The molecule has 0 aliphatic carbocycles. The van der Waals surface area contributed by atoms with Gasteiger partial charge in [0.1, 0.15) is 5.75 Å². The largest absolute Gasteiger partial charge is 0.451 e. The summed E-state index contributed by atoms with van der Waals surface area (Å²) in [5.74, 6) is 1.61. The van der Waals surface area contributed by atoms with Gasteiger partial charge >= 0.3 is 0 Å². The zero-order chi connectivity index (χ0) is 17.1. The van der Waals surface area contributed by atoms with Crippen LogP contribution in [0.15, 0.2) is 48.8 Å². The molecule has 2 aromatic heterocycles. The van der Waals surface area contributed by atoms with Crippen LogP contribution >= 0.6 is 0 Å². The minimum atomic E-state index is 0.114. The Morgan fingerprint density at radius 1 is 0.958 bits per heavy atom. The molecule has 3 aromatic rings. The van der Waals surface area contributed by atoms with Gasteiger partial charge in [0.15, 0.2) is 11.6 Å². The molecule has 0 amide bonds. The molecule has 1 aromatic carbocycles. The van der Waals surface area contributed by atoms with Gasteiger partial charge in [0, 0.05) is 23.4 Å². The lowest BCUT2D eigenvalue weighted by Gasteiger charge is -2.15. The number of aromatic nitrogens is 3. The van der Waals surface area contributed by atoms with Crippen molar-refractivity contribution in [1.29, 1.82) is 0 Å². The van der Waals surface area contributed by atoms with E-state index in [1.165, 1.54) is 6.20 Å². The van der Waals surface area contributed by atoms with E-state index in [2.05, 4.69) is 28.8 Å². The molecule has 0 saturated heterocycles. The number of ether oxygens (including phenoxy) is 1. The fourth-order valence-electron chi connectivity index (χ4n) is 2.33. The molecule has 0 aliphatic heterocycles. The third-order valence-electron chi connectivity index (χ3n) is 3.61. The molecular weight excluding hydrogens is 302 g/mol. The lowest BCUT2D eigenvalue weighted by atomic mass is 10.0. The highest BCUT2D eigenvalue weighted by atomic mass is 16.5. The minimum absolute atomic E-state index is 0.114. The second-order valence-corrected chi connectivity index (χ2v) is 5.71. The summed E-state index contributed by atoms with van der Waals surface area (Å²) >= 11 is 0. The monoisotopic (exact) mass is 321 g/mol. The van der Waals surface area contributed by atoms with Crippen LogP contribution in [0.3, 0.4) is 0 Å². The zero-order valence-electron chi connectivity index (χ0n) is 13.6. The fourth-order valence-corrected chi connectivity index (χ4v) is 2.33. The van der Waals surface area contributed by atoms with Crippen molar-refractivity contribution in [3.63, 3.8) is 0 Å². The Hall–Kier alpha value is -3.15. The Bertz CT molecular complexity index is 849. The molecule has 24 heavy (non-hydrogen) atoms. The molecule has 0 saturated carbocycles. The third kappa shape index (κ3) is 3.27. The van der Waals surface area contributed by atoms with Gasteiger partial charge in [0.05, 0.1) is 11.9 Å². The molecule has 6 heteroatoms. The summed E-state index contributed by atoms with van der Waals surface area (Å²) in [6.07, 6.45) is 3.31. The maximum Gasteiger partial charge on any atom is 0.222 e. The maximum absolute atomic E-state index is 5.97. The first-order valence-corrected chi connectivity index (χ1v) is 7.66. The van der Waals surface area contributed by atoms with E-state index in [-0.39, 0.29) is 17.7 Å². The molecule has 3 rings (SSSR count). The summed E-state index contributed by atoms with van der Waals surface area (Å²) in [5.41, 5.74) is 14.2. The van der Waals surface area contributed by atoms with E-state index < -0.39 is 0 Å². The molecule has 122 valence electrons. The molecule has 0 atom stereocenters. The van der Waals surface area contributed by atoms with Crippen LogP contribution in [0, 0.1) is 0 Å². The average molecular weight is 321 g/mol. The van der Waals surface area contributed by atoms with Gasteiger partial charge in [-0.05, 0) is 5.92 Å². The van der Waals surface area contributed by atoms with Crippen molar-refractivity contribution in [2.75, 3.05) is 11.5 Å². The quantitative estimate of drug-likeness (QED) is 0.761. The van der Waals surface area contributed by atoms with Gasteiger partial charge in [0.25, 0.3) is 0 Å². The van der Waals surface area contributed by atoms with Gasteiger partial charge in [-0.25, -0.2) is 4.98 Å². The number of anilines is 2. The number of pyridine rings is 1. The topological polar surface area (TPSA) is 99.9 Å². The molecule has 4 N–H and O–H groups in total. The van der Waals surface area contributed by atoms with Gasteiger partial charge in [-0.1, -0.05) is 44.2 Å². The Balaban J connectivity index is 2.03. The number of rotatable bonds is 4. The first-order chi connectivity index (χ1) is 11.5. The summed E-state index contributed by atoms with van der Waals surface area (Å²) in [6.45, 7) is 4.16. The molecule has 6 nitrogen and oxygen atoms in total. The number of hydrogen-bond acceptors (Lipinski definition) is 6. The number of nitrogens with zero attached hydrogens (tertiary/aromatic N) is 3. The van der Waals surface area contributed by atoms with Crippen LogP contribution in [0.25, 0.3) is 11.3 Å². The predicted octanol–water partition coefficient (Wildman–Crippen LogP) is 3.62. The number of nitrogen functional groups attached to an aromatic ring is 2. The Labute approximate surface area is 140 Å². The summed E-state index contributed by atoms with van der Waals surface area (Å²) in [7, 11) is 0. The van der Waals surface area contributed by atoms with Crippen LogP contribution < -0.4 is 16.2 Å². The van der Waals surface area contributed by atoms with E-state index in [9.17, 15) is 0 Å². The third-order valence-corrected chi connectivity index (χ3v) is 3.61. The van der Waals surface area contributed by atoms with E-state index in [1.54, 1.807) is 0 Å². The number of hydrogen-bond donors (Lipinski definition) is 2. The van der Waals surface area contributed by atoms with Crippen molar-refractivity contribution in [3.05, 3.63) is 54.4 Å². The predicted molar refractivity (Wildman–Crippen MR) is 94.7 cm³/mol. The highest BCUT2D eigenvalue weighted by molar-refractivity contribution is 5.62. The minimum Gasteiger partial charge on any atom is -0.451 e. The zero-order valence-corrected chi connectivity index (χ0v) is 13.6. The van der Waals surface area contributed by atoms with Crippen LogP contribution in [0.5, 0.6) is 11.5 Å². The second-order valence-electron chi connectivity index (χ2n) is 5.71. The summed E-state index contributed by atoms with van der Waals surface area (Å²) in [4.78, 5) is 12.4. The van der Waals surface area contributed by atoms with E-state index in [0.717, 1.165) is 16.8 Å². The molecule has 0 aliphatic rings. The summed E-state index contributed by atoms with van der Waals surface area (Å²) in [5, 5.41) is 0. The normalized spacial score (nSPS) is 10.8. The van der Waals surface area contributed by atoms with Crippen molar-refractivity contribution >= 4 is 11.8 Å². The van der Waals surface area contributed by atoms with Gasteiger partial charge < -0.3 is 16.2 Å². The Morgan fingerprint density at radius 3 is 2.38 bits per heavy atom. The van der Waals surface area contributed by atoms with Crippen molar-refractivity contribution in [2.24, 2.45) is 0 Å². The standard InChI is InChI=1S/C18H19N5O/c1-11(2)13-9-21-14(12-6-4-3-5-7-12)8-15(13)24-16-10-22-18(20)23-17(16)19/h3-11H,1-2H3,(H4,19,20,22,23). The summed E-state index contributed by atoms with van der Waals surface area (Å²) < 4.78 is 5.97. The lowest BCUT2D eigenvalue weighted by molar-refractivity contribution is 0.470. The van der Waals surface area contributed by atoms with Gasteiger partial charge in [-0.2, -0.15) is 4.98 Å². The fraction of sp³-hybridized carbons (Fsp3) is 0.167. The van der Waals surface area contributed by atoms with Crippen molar-refractivity contribution in [1.82, 2.24) is 15.0 Å². The van der Waals surface area contributed by atoms with Crippen LogP contribution in [-0.2, 0) is 0 Å². The molecule has 0 spiro atoms. The van der Waals surface area contributed by atoms with E-state index in [1.807, 2.05) is 42.6 Å². The highest BCUT2D eigenvalue weighted by Crippen LogP contribution is 2.34. The first-order valence-electron chi connectivity index (χ1n) is 7.66. The van der Waals surface area contributed by atoms with Crippen LogP contribution in [-0.4, -0.2) is 15.0 Å². The maximum atomic E-state index is 5.97. The van der Waals surface area contributed by atoms with Gasteiger partial charge in [0.2, 0.25) is 5.95 Å². The van der Waals surface area contributed by atoms with Crippen LogP contribution in [0.2, 0.25) is 0 Å². The Kier molecular flexibility index (Phi) is 4.29. The lowest BCUT2D eigenvalue weighted by Crippen LogP contribution is -2.03. The number of benzene rings is 1. The Morgan fingerprint density at radius 2 is 1.71 bits per heavy atom. The smallest absolute Gasteiger partial charge is 0.222 e. The first kappa shape index (κ1) is 15.7. The molecule has 0 radical (unpaired) electrons. The number of nitrogens with two attached hydrogens (primary N) is 2. The van der Waals surface area contributed by atoms with Crippen LogP contribution in [0.4, 0.5) is 11.8 Å². The SMILES string of the molecule is CC(C)c1cnc(-c2ccccc2)cc1Oc1cnc(N)nc1N. The van der Waals surface area contributed by atoms with Crippen molar-refractivity contribution in [3.8, 4) is 22.8 Å². The average Bonchev–Trinajstić information content (AvgIpc) is 2.58.